The zero-order valence-corrected chi connectivity index (χ0v) is 12.7. The molecule has 0 saturated heterocycles. The van der Waals surface area contributed by atoms with Gasteiger partial charge in [-0.2, -0.15) is 0 Å². The van der Waals surface area contributed by atoms with Crippen molar-refractivity contribution in [2.24, 2.45) is 5.73 Å². The van der Waals surface area contributed by atoms with Gasteiger partial charge in [0.05, 0.1) is 24.9 Å². The molecule has 20 heavy (non-hydrogen) atoms. The van der Waals surface area contributed by atoms with Crippen molar-refractivity contribution in [1.29, 1.82) is 0 Å². The van der Waals surface area contributed by atoms with E-state index >= 15 is 0 Å². The molecule has 2 N–H and O–H groups in total. The largest absolute Gasteiger partial charge is 0.497 e. The average molecular weight is 292 g/mol. The Labute approximate surface area is 123 Å². The number of aromatic nitrogens is 1. The standard InChI is InChI=1S/C15H20N2O2S/c1-11-15(20-10-17-11)6-8-19-14-4-3-13(18-2)9-12(14)5-7-16/h3-4,9-10H,5-8,16H2,1-2H3. The first kappa shape index (κ1) is 14.8. The van der Waals surface area contributed by atoms with Gasteiger partial charge < -0.3 is 15.2 Å². The summed E-state index contributed by atoms with van der Waals surface area (Å²) in [5.74, 6) is 1.72. The van der Waals surface area contributed by atoms with Crippen molar-refractivity contribution >= 4 is 11.3 Å². The molecular weight excluding hydrogens is 272 g/mol. The predicted molar refractivity (Wildman–Crippen MR) is 81.8 cm³/mol. The summed E-state index contributed by atoms with van der Waals surface area (Å²) < 4.78 is 11.1. The molecule has 5 heteroatoms. The van der Waals surface area contributed by atoms with E-state index in [1.807, 2.05) is 30.6 Å². The Morgan fingerprint density at radius 3 is 2.80 bits per heavy atom. The molecule has 0 radical (unpaired) electrons. The number of rotatable bonds is 7. The van der Waals surface area contributed by atoms with Crippen LogP contribution in [0.4, 0.5) is 0 Å². The molecule has 0 aliphatic heterocycles. The summed E-state index contributed by atoms with van der Waals surface area (Å²) in [6.45, 7) is 3.27. The van der Waals surface area contributed by atoms with Crippen LogP contribution >= 0.6 is 11.3 Å². The molecule has 0 unspecified atom stereocenters. The third-order valence-electron chi connectivity index (χ3n) is 3.11. The molecule has 4 nitrogen and oxygen atoms in total. The Kier molecular flexibility index (Phi) is 5.38. The lowest BCUT2D eigenvalue weighted by Gasteiger charge is -2.12. The first-order valence-electron chi connectivity index (χ1n) is 6.63. The Bertz CT molecular complexity index is 555. The number of thiazole rings is 1. The van der Waals surface area contributed by atoms with Crippen molar-refractivity contribution in [2.75, 3.05) is 20.3 Å². The van der Waals surface area contributed by atoms with Gasteiger partial charge >= 0.3 is 0 Å². The van der Waals surface area contributed by atoms with Crippen molar-refractivity contribution in [1.82, 2.24) is 4.98 Å². The van der Waals surface area contributed by atoms with Gasteiger partial charge in [0.2, 0.25) is 0 Å². The zero-order valence-electron chi connectivity index (χ0n) is 11.9. The number of ether oxygens (including phenoxy) is 2. The van der Waals surface area contributed by atoms with Crippen LogP contribution in [-0.4, -0.2) is 25.2 Å². The van der Waals surface area contributed by atoms with Gasteiger partial charge in [-0.15, -0.1) is 11.3 Å². The molecule has 0 saturated carbocycles. The molecule has 1 aromatic heterocycles. The molecule has 0 aliphatic rings. The van der Waals surface area contributed by atoms with Gasteiger partial charge in [-0.1, -0.05) is 0 Å². The van der Waals surface area contributed by atoms with Crippen LogP contribution in [0, 0.1) is 6.92 Å². The maximum atomic E-state index is 5.89. The fourth-order valence-electron chi connectivity index (χ4n) is 1.99. The van der Waals surface area contributed by atoms with E-state index in [1.54, 1.807) is 18.4 Å². The number of nitrogens with zero attached hydrogens (tertiary/aromatic N) is 1. The normalized spacial score (nSPS) is 10.6. The second-order valence-electron chi connectivity index (χ2n) is 4.47. The van der Waals surface area contributed by atoms with Crippen molar-refractivity contribution < 1.29 is 9.47 Å². The zero-order chi connectivity index (χ0) is 14.4. The quantitative estimate of drug-likeness (QED) is 0.852. The van der Waals surface area contributed by atoms with Gasteiger partial charge in [0.25, 0.3) is 0 Å². The van der Waals surface area contributed by atoms with Crippen LogP contribution in [0.1, 0.15) is 16.1 Å². The summed E-state index contributed by atoms with van der Waals surface area (Å²) in [5, 5.41) is 0. The van der Waals surface area contributed by atoms with Crippen LogP contribution in [0.3, 0.4) is 0 Å². The SMILES string of the molecule is COc1ccc(OCCc2scnc2C)c(CCN)c1. The topological polar surface area (TPSA) is 57.4 Å². The van der Waals surface area contributed by atoms with E-state index in [9.17, 15) is 0 Å². The molecule has 0 bridgehead atoms. The molecule has 1 aromatic carbocycles. The first-order valence-corrected chi connectivity index (χ1v) is 7.51. The fourth-order valence-corrected chi connectivity index (χ4v) is 2.76. The highest BCUT2D eigenvalue weighted by atomic mass is 32.1. The van der Waals surface area contributed by atoms with Gasteiger partial charge in [-0.05, 0) is 43.7 Å². The highest BCUT2D eigenvalue weighted by Gasteiger charge is 2.07. The monoisotopic (exact) mass is 292 g/mol. The van der Waals surface area contributed by atoms with E-state index in [1.165, 1.54) is 4.88 Å². The van der Waals surface area contributed by atoms with Gasteiger partial charge in [-0.25, -0.2) is 4.98 Å². The van der Waals surface area contributed by atoms with E-state index in [0.717, 1.165) is 35.6 Å². The average Bonchev–Trinajstić information content (AvgIpc) is 2.86. The summed E-state index contributed by atoms with van der Waals surface area (Å²) in [6.07, 6.45) is 1.66. The van der Waals surface area contributed by atoms with Crippen molar-refractivity contribution in [2.45, 2.75) is 19.8 Å². The minimum atomic E-state index is 0.595. The van der Waals surface area contributed by atoms with Crippen LogP contribution in [0.2, 0.25) is 0 Å². The third kappa shape index (κ3) is 3.71. The molecule has 0 aliphatic carbocycles. The number of aryl methyl sites for hydroxylation is 1. The Hall–Kier alpha value is -1.59. The van der Waals surface area contributed by atoms with E-state index in [0.29, 0.717) is 13.2 Å². The van der Waals surface area contributed by atoms with Crippen molar-refractivity contribution in [3.8, 4) is 11.5 Å². The second kappa shape index (κ2) is 7.26. The third-order valence-corrected chi connectivity index (χ3v) is 4.11. The molecular formula is C15H20N2O2S. The Morgan fingerprint density at radius 1 is 1.30 bits per heavy atom. The van der Waals surface area contributed by atoms with E-state index in [2.05, 4.69) is 4.98 Å². The van der Waals surface area contributed by atoms with Gasteiger partial charge in [0, 0.05) is 11.3 Å². The molecule has 0 spiro atoms. The minimum Gasteiger partial charge on any atom is -0.497 e. The fraction of sp³-hybridized carbons (Fsp3) is 0.400. The van der Waals surface area contributed by atoms with E-state index in [4.69, 9.17) is 15.2 Å². The molecule has 2 aromatic rings. The lowest BCUT2D eigenvalue weighted by molar-refractivity contribution is 0.318. The summed E-state index contributed by atoms with van der Waals surface area (Å²) in [7, 11) is 1.66. The van der Waals surface area contributed by atoms with Crippen molar-refractivity contribution in [3.63, 3.8) is 0 Å². The Balaban J connectivity index is 1.99. The smallest absolute Gasteiger partial charge is 0.122 e. The molecule has 2 rings (SSSR count). The molecule has 0 atom stereocenters. The Morgan fingerprint density at radius 2 is 2.15 bits per heavy atom. The highest BCUT2D eigenvalue weighted by Crippen LogP contribution is 2.25. The summed E-state index contributed by atoms with van der Waals surface area (Å²) >= 11 is 1.67. The molecule has 1 heterocycles. The molecule has 0 amide bonds. The first-order chi connectivity index (χ1) is 9.74. The van der Waals surface area contributed by atoms with Crippen LogP contribution in [0.25, 0.3) is 0 Å². The maximum Gasteiger partial charge on any atom is 0.122 e. The summed E-state index contributed by atoms with van der Waals surface area (Å²) in [4.78, 5) is 5.52. The lowest BCUT2D eigenvalue weighted by Crippen LogP contribution is -2.07. The highest BCUT2D eigenvalue weighted by molar-refractivity contribution is 7.09. The number of benzene rings is 1. The van der Waals surface area contributed by atoms with E-state index < -0.39 is 0 Å². The van der Waals surface area contributed by atoms with Crippen LogP contribution < -0.4 is 15.2 Å². The second-order valence-corrected chi connectivity index (χ2v) is 5.41. The number of hydrogen-bond acceptors (Lipinski definition) is 5. The van der Waals surface area contributed by atoms with Gasteiger partial charge in [0.15, 0.2) is 0 Å². The van der Waals surface area contributed by atoms with Crippen molar-refractivity contribution in [3.05, 3.63) is 39.8 Å². The van der Waals surface area contributed by atoms with Crippen LogP contribution in [0.15, 0.2) is 23.7 Å². The van der Waals surface area contributed by atoms with Gasteiger partial charge in [0.1, 0.15) is 11.5 Å². The van der Waals surface area contributed by atoms with Crippen LogP contribution in [0.5, 0.6) is 11.5 Å². The molecule has 0 fully saturated rings. The van der Waals surface area contributed by atoms with E-state index in [-0.39, 0.29) is 0 Å². The van der Waals surface area contributed by atoms with Crippen LogP contribution in [-0.2, 0) is 12.8 Å². The minimum absolute atomic E-state index is 0.595. The lowest BCUT2D eigenvalue weighted by atomic mass is 10.1. The molecule has 108 valence electrons. The number of hydrogen-bond donors (Lipinski definition) is 1. The van der Waals surface area contributed by atoms with Gasteiger partial charge in [-0.3, -0.25) is 0 Å². The number of methoxy groups -OCH3 is 1. The predicted octanol–water partition coefficient (Wildman–Crippen LogP) is 2.58. The number of nitrogens with two attached hydrogens (primary N) is 1. The maximum absolute atomic E-state index is 5.89. The summed E-state index contributed by atoms with van der Waals surface area (Å²) in [5.41, 5.74) is 9.70. The summed E-state index contributed by atoms with van der Waals surface area (Å²) in [6, 6.07) is 5.84.